The van der Waals surface area contributed by atoms with Crippen molar-refractivity contribution in [1.29, 1.82) is 0 Å². The SMILES string of the molecule is CCOC(=O)c1c(NC(=O)c2ccc(COc3ccc4c(c3)OCO4)o2)sc(C(N)=O)c1C. The second kappa shape index (κ2) is 9.25. The van der Waals surface area contributed by atoms with Crippen LogP contribution < -0.4 is 25.3 Å². The molecule has 1 aliphatic heterocycles. The van der Waals surface area contributed by atoms with Crippen LogP contribution in [-0.4, -0.2) is 31.2 Å². The fraction of sp³-hybridized carbons (Fsp3) is 0.227. The zero-order valence-corrected chi connectivity index (χ0v) is 18.6. The van der Waals surface area contributed by atoms with Gasteiger partial charge in [0.15, 0.2) is 17.3 Å². The van der Waals surface area contributed by atoms with Crippen LogP contribution in [0.25, 0.3) is 0 Å². The molecule has 3 N–H and O–H groups in total. The van der Waals surface area contributed by atoms with E-state index in [0.29, 0.717) is 28.6 Å². The highest BCUT2D eigenvalue weighted by molar-refractivity contribution is 7.18. The minimum absolute atomic E-state index is 0.000716. The van der Waals surface area contributed by atoms with Crippen LogP contribution in [0.4, 0.5) is 5.00 Å². The molecule has 10 nitrogen and oxygen atoms in total. The van der Waals surface area contributed by atoms with Gasteiger partial charge in [-0.25, -0.2) is 4.79 Å². The third-order valence-corrected chi connectivity index (χ3v) is 5.91. The van der Waals surface area contributed by atoms with E-state index in [4.69, 9.17) is 29.1 Å². The molecule has 3 aromatic rings. The summed E-state index contributed by atoms with van der Waals surface area (Å²) in [5.74, 6) is 0.219. The van der Waals surface area contributed by atoms with E-state index in [1.807, 2.05) is 0 Å². The number of nitrogens with one attached hydrogen (secondary N) is 1. The summed E-state index contributed by atoms with van der Waals surface area (Å²) in [7, 11) is 0. The predicted molar refractivity (Wildman–Crippen MR) is 117 cm³/mol. The normalized spacial score (nSPS) is 11.8. The van der Waals surface area contributed by atoms with Gasteiger partial charge in [-0.05, 0) is 43.7 Å². The van der Waals surface area contributed by atoms with Crippen LogP contribution in [0, 0.1) is 6.92 Å². The number of primary amides is 1. The molecule has 2 aromatic heterocycles. The van der Waals surface area contributed by atoms with Gasteiger partial charge in [-0.15, -0.1) is 11.3 Å². The Morgan fingerprint density at radius 3 is 2.70 bits per heavy atom. The molecule has 0 fully saturated rings. The van der Waals surface area contributed by atoms with Gasteiger partial charge in [-0.2, -0.15) is 0 Å². The van der Waals surface area contributed by atoms with E-state index in [1.54, 1.807) is 38.1 Å². The molecule has 1 aromatic carbocycles. The molecule has 0 unspecified atom stereocenters. The number of anilines is 1. The van der Waals surface area contributed by atoms with E-state index in [9.17, 15) is 14.4 Å². The lowest BCUT2D eigenvalue weighted by atomic mass is 10.1. The summed E-state index contributed by atoms with van der Waals surface area (Å²) < 4.78 is 26.9. The number of amides is 2. The molecule has 0 saturated heterocycles. The van der Waals surface area contributed by atoms with Gasteiger partial charge in [-0.3, -0.25) is 9.59 Å². The summed E-state index contributed by atoms with van der Waals surface area (Å²) in [6.07, 6.45) is 0. The summed E-state index contributed by atoms with van der Waals surface area (Å²) in [5, 5.41) is 2.76. The zero-order chi connectivity index (χ0) is 23.5. The number of nitrogens with two attached hydrogens (primary N) is 1. The quantitative estimate of drug-likeness (QED) is 0.475. The number of carbonyl (C=O) groups is 3. The second-order valence-electron chi connectivity index (χ2n) is 6.87. The van der Waals surface area contributed by atoms with Crippen molar-refractivity contribution in [1.82, 2.24) is 0 Å². The first-order chi connectivity index (χ1) is 15.9. The number of carbonyl (C=O) groups excluding carboxylic acids is 3. The fourth-order valence-corrected chi connectivity index (χ4v) is 4.19. The molecular formula is C22H20N2O8S. The van der Waals surface area contributed by atoms with Gasteiger partial charge in [0, 0.05) is 6.07 Å². The predicted octanol–water partition coefficient (Wildman–Crippen LogP) is 3.49. The summed E-state index contributed by atoms with van der Waals surface area (Å²) in [6, 6.07) is 8.25. The number of esters is 1. The number of fused-ring (bicyclic) bond motifs is 1. The molecule has 11 heteroatoms. The molecule has 0 radical (unpaired) electrons. The first-order valence-corrected chi connectivity index (χ1v) is 10.7. The van der Waals surface area contributed by atoms with Crippen molar-refractivity contribution in [3.05, 3.63) is 57.9 Å². The standard InChI is InChI=1S/C22H20N2O8S/c1-3-28-22(27)17-11(2)18(19(23)25)33-21(17)24-20(26)15-7-5-13(32-15)9-29-12-4-6-14-16(8-12)31-10-30-14/h4-8H,3,9-10H2,1-2H3,(H2,23,25)(H,24,26). The van der Waals surface area contributed by atoms with Crippen LogP contribution in [0.5, 0.6) is 17.2 Å². The number of benzene rings is 1. The average Bonchev–Trinajstić information content (AvgIpc) is 3.50. The van der Waals surface area contributed by atoms with E-state index in [1.165, 1.54) is 6.07 Å². The van der Waals surface area contributed by atoms with Crippen LogP contribution in [0.1, 0.15) is 48.8 Å². The van der Waals surface area contributed by atoms with Gasteiger partial charge < -0.3 is 34.4 Å². The Hall–Kier alpha value is -3.99. The van der Waals surface area contributed by atoms with Gasteiger partial charge in [0.25, 0.3) is 11.8 Å². The summed E-state index contributed by atoms with van der Waals surface area (Å²) in [6.45, 7) is 3.60. The molecule has 0 saturated carbocycles. The molecule has 2 amide bonds. The number of ether oxygens (including phenoxy) is 4. The van der Waals surface area contributed by atoms with Crippen LogP contribution in [0.3, 0.4) is 0 Å². The third-order valence-electron chi connectivity index (χ3n) is 4.69. The van der Waals surface area contributed by atoms with Crippen molar-refractivity contribution in [2.24, 2.45) is 5.73 Å². The molecule has 0 spiro atoms. The monoisotopic (exact) mass is 472 g/mol. The Balaban J connectivity index is 1.46. The maximum absolute atomic E-state index is 12.7. The first kappa shape index (κ1) is 22.2. The Morgan fingerprint density at radius 1 is 1.15 bits per heavy atom. The van der Waals surface area contributed by atoms with Gasteiger partial charge in [0.2, 0.25) is 6.79 Å². The number of rotatable bonds is 8. The van der Waals surface area contributed by atoms with Gasteiger partial charge in [0.1, 0.15) is 23.1 Å². The van der Waals surface area contributed by atoms with Crippen LogP contribution >= 0.6 is 11.3 Å². The van der Waals surface area contributed by atoms with Gasteiger partial charge in [0.05, 0.1) is 17.0 Å². The minimum Gasteiger partial charge on any atom is -0.486 e. The number of thiophene rings is 1. The minimum atomic E-state index is -0.704. The highest BCUT2D eigenvalue weighted by atomic mass is 32.1. The van der Waals surface area contributed by atoms with E-state index in [2.05, 4.69) is 5.32 Å². The molecule has 3 heterocycles. The lowest BCUT2D eigenvalue weighted by Crippen LogP contribution is -2.14. The van der Waals surface area contributed by atoms with Gasteiger partial charge >= 0.3 is 5.97 Å². The van der Waals surface area contributed by atoms with E-state index in [-0.39, 0.29) is 41.2 Å². The lowest BCUT2D eigenvalue weighted by molar-refractivity contribution is 0.0527. The van der Waals surface area contributed by atoms with E-state index < -0.39 is 17.8 Å². The molecule has 0 atom stereocenters. The zero-order valence-electron chi connectivity index (χ0n) is 17.8. The molecular weight excluding hydrogens is 452 g/mol. The Kier molecular flexibility index (Phi) is 6.22. The first-order valence-electron chi connectivity index (χ1n) is 9.90. The molecule has 4 rings (SSSR count). The van der Waals surface area contributed by atoms with Crippen molar-refractivity contribution < 1.29 is 37.7 Å². The van der Waals surface area contributed by atoms with Crippen LogP contribution in [0.15, 0.2) is 34.7 Å². The highest BCUT2D eigenvalue weighted by Gasteiger charge is 2.26. The topological polar surface area (TPSA) is 139 Å². The molecule has 172 valence electrons. The van der Waals surface area contributed by atoms with Crippen molar-refractivity contribution in [2.45, 2.75) is 20.5 Å². The summed E-state index contributed by atoms with van der Waals surface area (Å²) in [4.78, 5) is 36.9. The summed E-state index contributed by atoms with van der Waals surface area (Å²) in [5.41, 5.74) is 5.82. The number of hydrogen-bond donors (Lipinski definition) is 2. The third kappa shape index (κ3) is 4.62. The highest BCUT2D eigenvalue weighted by Crippen LogP contribution is 2.36. The molecule has 0 bridgehead atoms. The maximum Gasteiger partial charge on any atom is 0.341 e. The number of furan rings is 1. The van der Waals surface area contributed by atoms with Crippen molar-refractivity contribution >= 4 is 34.1 Å². The Morgan fingerprint density at radius 2 is 1.94 bits per heavy atom. The van der Waals surface area contributed by atoms with Crippen LogP contribution in [0.2, 0.25) is 0 Å². The Bertz CT molecular complexity index is 1230. The smallest absolute Gasteiger partial charge is 0.341 e. The average molecular weight is 472 g/mol. The van der Waals surface area contributed by atoms with Crippen molar-refractivity contribution in [2.75, 3.05) is 18.7 Å². The summed E-state index contributed by atoms with van der Waals surface area (Å²) >= 11 is 0.900. The van der Waals surface area contributed by atoms with Crippen molar-refractivity contribution in [3.8, 4) is 17.2 Å². The Labute approximate surface area is 192 Å². The largest absolute Gasteiger partial charge is 0.486 e. The van der Waals surface area contributed by atoms with E-state index in [0.717, 1.165) is 11.3 Å². The van der Waals surface area contributed by atoms with Gasteiger partial charge in [-0.1, -0.05) is 0 Å². The van der Waals surface area contributed by atoms with Crippen molar-refractivity contribution in [3.63, 3.8) is 0 Å². The molecule has 0 aliphatic carbocycles. The fourth-order valence-electron chi connectivity index (χ4n) is 3.15. The number of hydrogen-bond acceptors (Lipinski definition) is 9. The maximum atomic E-state index is 12.7. The van der Waals surface area contributed by atoms with Crippen LogP contribution in [-0.2, 0) is 11.3 Å². The second-order valence-corrected chi connectivity index (χ2v) is 7.89. The molecule has 33 heavy (non-hydrogen) atoms. The lowest BCUT2D eigenvalue weighted by Gasteiger charge is -2.06. The molecule has 1 aliphatic rings. The van der Waals surface area contributed by atoms with E-state index >= 15 is 0 Å².